The Morgan fingerprint density at radius 3 is 2.18 bits per heavy atom. The molecule has 0 bridgehead atoms. The predicted molar refractivity (Wildman–Crippen MR) is 159 cm³/mol. The molecule has 1 N–H and O–H groups in total. The van der Waals surface area contributed by atoms with Gasteiger partial charge in [0.25, 0.3) is 10.0 Å². The maximum Gasteiger partial charge on any atom is 0.264 e. The second kappa shape index (κ2) is 12.7. The number of sulfonamides is 1. The van der Waals surface area contributed by atoms with E-state index in [1.807, 2.05) is 45.0 Å². The minimum Gasteiger partial charge on any atom is -0.350 e. The van der Waals surface area contributed by atoms with Crippen LogP contribution in [0, 0.1) is 0 Å². The van der Waals surface area contributed by atoms with Crippen LogP contribution in [0.1, 0.15) is 33.3 Å². The average Bonchev–Trinajstić information content (AvgIpc) is 2.87. The predicted octanol–water partition coefficient (Wildman–Crippen LogP) is 6.28. The summed E-state index contributed by atoms with van der Waals surface area (Å²) in [6, 6.07) is 18.5. The second-order valence-electron chi connectivity index (χ2n) is 9.98. The molecule has 39 heavy (non-hydrogen) atoms. The summed E-state index contributed by atoms with van der Waals surface area (Å²) in [6.45, 7) is 6.60. The first kappa shape index (κ1) is 30.9. The van der Waals surface area contributed by atoms with Gasteiger partial charge in [0.05, 0.1) is 15.6 Å². The molecule has 11 heteroatoms. The van der Waals surface area contributed by atoms with Crippen LogP contribution in [-0.4, -0.2) is 43.3 Å². The molecule has 0 aliphatic heterocycles. The molecule has 0 aliphatic rings. The monoisotopic (exact) mass is 653 g/mol. The van der Waals surface area contributed by atoms with Gasteiger partial charge in [-0.05, 0) is 75.7 Å². The van der Waals surface area contributed by atoms with Gasteiger partial charge in [-0.25, -0.2) is 8.42 Å². The molecule has 3 aromatic carbocycles. The Hall–Kier alpha value is -2.59. The van der Waals surface area contributed by atoms with Crippen molar-refractivity contribution in [1.82, 2.24) is 10.2 Å². The molecule has 7 nitrogen and oxygen atoms in total. The molecule has 0 saturated carbocycles. The number of hydrogen-bond acceptors (Lipinski definition) is 4. The first-order valence-electron chi connectivity index (χ1n) is 12.1. The van der Waals surface area contributed by atoms with E-state index in [1.165, 1.54) is 35.2 Å². The fraction of sp³-hybridized carbons (Fsp3) is 0.286. The molecule has 0 heterocycles. The molecular formula is C28H30BrCl2N3O4S. The molecule has 1 unspecified atom stereocenters. The lowest BCUT2D eigenvalue weighted by atomic mass is 10.1. The molecule has 0 spiro atoms. The topological polar surface area (TPSA) is 86.8 Å². The lowest BCUT2D eigenvalue weighted by molar-refractivity contribution is -0.140. The smallest absolute Gasteiger partial charge is 0.264 e. The van der Waals surface area contributed by atoms with Gasteiger partial charge in [0.1, 0.15) is 12.6 Å². The first-order chi connectivity index (χ1) is 18.2. The molecule has 3 rings (SSSR count). The van der Waals surface area contributed by atoms with Crippen LogP contribution in [0.5, 0.6) is 0 Å². The summed E-state index contributed by atoms with van der Waals surface area (Å²) in [6.07, 6.45) is 0. The lowest BCUT2D eigenvalue weighted by Crippen LogP contribution is -2.54. The summed E-state index contributed by atoms with van der Waals surface area (Å²) in [5.41, 5.74) is 0.284. The quantitative estimate of drug-likeness (QED) is 0.294. The largest absolute Gasteiger partial charge is 0.350 e. The van der Waals surface area contributed by atoms with E-state index >= 15 is 0 Å². The van der Waals surface area contributed by atoms with E-state index < -0.39 is 34.1 Å². The van der Waals surface area contributed by atoms with Gasteiger partial charge in [-0.15, -0.1) is 0 Å². The average molecular weight is 655 g/mol. The van der Waals surface area contributed by atoms with Crippen molar-refractivity contribution >= 4 is 66.7 Å². The van der Waals surface area contributed by atoms with Crippen LogP contribution in [0.2, 0.25) is 10.0 Å². The van der Waals surface area contributed by atoms with Crippen molar-refractivity contribution in [2.45, 2.75) is 50.7 Å². The third kappa shape index (κ3) is 8.20. The van der Waals surface area contributed by atoms with E-state index in [0.29, 0.717) is 0 Å². The van der Waals surface area contributed by atoms with Gasteiger partial charge in [0.2, 0.25) is 11.8 Å². The van der Waals surface area contributed by atoms with E-state index in [2.05, 4.69) is 21.2 Å². The van der Waals surface area contributed by atoms with Crippen LogP contribution in [-0.2, 0) is 26.2 Å². The summed E-state index contributed by atoms with van der Waals surface area (Å²) < 4.78 is 29.4. The maximum absolute atomic E-state index is 13.9. The fourth-order valence-electron chi connectivity index (χ4n) is 3.75. The van der Waals surface area contributed by atoms with Gasteiger partial charge in [-0.3, -0.25) is 13.9 Å². The third-order valence-corrected chi connectivity index (χ3v) is 8.58. The van der Waals surface area contributed by atoms with E-state index in [9.17, 15) is 18.0 Å². The third-order valence-electron chi connectivity index (χ3n) is 5.72. The summed E-state index contributed by atoms with van der Waals surface area (Å²) in [4.78, 5) is 28.4. The number of rotatable bonds is 9. The molecule has 1 atom stereocenters. The van der Waals surface area contributed by atoms with Crippen molar-refractivity contribution in [2.24, 2.45) is 0 Å². The van der Waals surface area contributed by atoms with Crippen LogP contribution in [0.3, 0.4) is 0 Å². The van der Waals surface area contributed by atoms with Gasteiger partial charge in [0.15, 0.2) is 0 Å². The zero-order valence-corrected chi connectivity index (χ0v) is 25.9. The van der Waals surface area contributed by atoms with E-state index in [1.54, 1.807) is 25.1 Å². The summed E-state index contributed by atoms with van der Waals surface area (Å²) in [5, 5.41) is 3.25. The molecule has 208 valence electrons. The molecule has 0 radical (unpaired) electrons. The molecule has 0 aromatic heterocycles. The molecule has 0 fully saturated rings. The number of carbonyl (C=O) groups excluding carboxylic acids is 2. The molecule has 0 aliphatic carbocycles. The number of benzene rings is 3. The van der Waals surface area contributed by atoms with Gasteiger partial charge >= 0.3 is 0 Å². The van der Waals surface area contributed by atoms with E-state index in [-0.39, 0.29) is 33.1 Å². The SMILES string of the molecule is CC(C(=O)NC(C)(C)C)N(Cc1ccc(Br)cc1)C(=O)CN(c1cc(Cl)ccc1Cl)S(=O)(=O)c1ccccc1. The minimum absolute atomic E-state index is 0.0215. The highest BCUT2D eigenvalue weighted by molar-refractivity contribution is 9.10. The summed E-state index contributed by atoms with van der Waals surface area (Å²) in [7, 11) is -4.24. The van der Waals surface area contributed by atoms with Crippen molar-refractivity contribution < 1.29 is 18.0 Å². The second-order valence-corrected chi connectivity index (χ2v) is 13.6. The number of halogens is 3. The van der Waals surface area contributed by atoms with Crippen molar-refractivity contribution in [2.75, 3.05) is 10.8 Å². The zero-order chi connectivity index (χ0) is 29.0. The Kier molecular flexibility index (Phi) is 10.1. The highest BCUT2D eigenvalue weighted by Gasteiger charge is 2.34. The fourth-order valence-corrected chi connectivity index (χ4v) is 5.90. The maximum atomic E-state index is 13.9. The number of nitrogens with one attached hydrogen (secondary N) is 1. The Morgan fingerprint density at radius 2 is 1.59 bits per heavy atom. The molecule has 2 amide bonds. The van der Waals surface area contributed by atoms with Crippen molar-refractivity contribution in [3.63, 3.8) is 0 Å². The van der Waals surface area contributed by atoms with Crippen molar-refractivity contribution in [3.05, 3.63) is 92.9 Å². The summed E-state index contributed by atoms with van der Waals surface area (Å²) >= 11 is 16.0. The van der Waals surface area contributed by atoms with E-state index in [0.717, 1.165) is 14.3 Å². The van der Waals surface area contributed by atoms with Crippen molar-refractivity contribution in [1.29, 1.82) is 0 Å². The zero-order valence-electron chi connectivity index (χ0n) is 22.0. The Morgan fingerprint density at radius 1 is 0.974 bits per heavy atom. The lowest BCUT2D eigenvalue weighted by Gasteiger charge is -2.33. The molecule has 0 saturated heterocycles. The number of carbonyl (C=O) groups is 2. The van der Waals surface area contributed by atoms with Gasteiger partial charge < -0.3 is 10.2 Å². The Balaban J connectivity index is 2.06. The molecular weight excluding hydrogens is 625 g/mol. The van der Waals surface area contributed by atoms with Gasteiger partial charge in [0, 0.05) is 21.6 Å². The first-order valence-corrected chi connectivity index (χ1v) is 15.1. The van der Waals surface area contributed by atoms with Crippen LogP contribution >= 0.6 is 39.1 Å². The standard InChI is InChI=1S/C28H30BrCl2N3O4S/c1-19(27(36)32-28(2,3)4)33(17-20-10-12-21(29)13-11-20)26(35)18-34(25-16-22(30)14-15-24(25)31)39(37,38)23-8-6-5-7-9-23/h5-16,19H,17-18H2,1-4H3,(H,32,36). The number of anilines is 1. The highest BCUT2D eigenvalue weighted by atomic mass is 79.9. The van der Waals surface area contributed by atoms with Crippen LogP contribution in [0.15, 0.2) is 82.2 Å². The Labute approximate surface area is 248 Å². The van der Waals surface area contributed by atoms with Crippen LogP contribution < -0.4 is 9.62 Å². The van der Waals surface area contributed by atoms with Gasteiger partial charge in [-0.2, -0.15) is 0 Å². The number of amides is 2. The number of nitrogens with zero attached hydrogens (tertiary/aromatic N) is 2. The summed E-state index contributed by atoms with van der Waals surface area (Å²) in [5.74, 6) is -0.962. The van der Waals surface area contributed by atoms with Crippen LogP contribution in [0.25, 0.3) is 0 Å². The molecule has 3 aromatic rings. The van der Waals surface area contributed by atoms with Gasteiger partial charge in [-0.1, -0.05) is 69.5 Å². The normalized spacial score (nSPS) is 12.5. The number of hydrogen-bond donors (Lipinski definition) is 1. The highest BCUT2D eigenvalue weighted by Crippen LogP contribution is 2.33. The minimum atomic E-state index is -4.24. The van der Waals surface area contributed by atoms with Crippen molar-refractivity contribution in [3.8, 4) is 0 Å². The van der Waals surface area contributed by atoms with Crippen LogP contribution in [0.4, 0.5) is 5.69 Å². The van der Waals surface area contributed by atoms with E-state index in [4.69, 9.17) is 23.2 Å². The Bertz CT molecular complexity index is 1430.